The van der Waals surface area contributed by atoms with Gasteiger partial charge >= 0.3 is 6.18 Å². The van der Waals surface area contributed by atoms with E-state index in [1.54, 1.807) is 7.05 Å². The molecule has 1 aromatic carbocycles. The quantitative estimate of drug-likeness (QED) is 0.326. The van der Waals surface area contributed by atoms with Crippen LogP contribution < -0.4 is 0 Å². The fraction of sp³-hybridized carbons (Fsp3) is 0.250. The molecule has 0 saturated heterocycles. The molecule has 6 nitrogen and oxygen atoms in total. The molecule has 27 heavy (non-hydrogen) atoms. The number of hydrogen-bond acceptors (Lipinski definition) is 5. The normalized spacial score (nSPS) is 11.9. The van der Waals surface area contributed by atoms with Crippen LogP contribution in [0.4, 0.5) is 18.9 Å². The molecule has 0 aliphatic carbocycles. The molecule has 0 unspecified atom stereocenters. The number of fused-ring (bicyclic) bond motifs is 1. The number of nitro groups is 1. The van der Waals surface area contributed by atoms with E-state index >= 15 is 0 Å². The van der Waals surface area contributed by atoms with Crippen LogP contribution in [-0.4, -0.2) is 25.2 Å². The SMILES string of the molecule is CCSc1cc(Cl)c([N+](=O)[O-])cc1-c1nc2cc(C(F)(F)F)cnc2n1C. The van der Waals surface area contributed by atoms with Crippen molar-refractivity contribution in [2.24, 2.45) is 7.05 Å². The molecule has 2 heterocycles. The smallest absolute Gasteiger partial charge is 0.312 e. The fourth-order valence-electron chi connectivity index (χ4n) is 2.61. The molecule has 2 aromatic heterocycles. The lowest BCUT2D eigenvalue weighted by Crippen LogP contribution is -2.05. The maximum absolute atomic E-state index is 12.9. The van der Waals surface area contributed by atoms with Crippen LogP contribution in [0, 0.1) is 10.1 Å². The van der Waals surface area contributed by atoms with E-state index in [1.807, 2.05) is 6.92 Å². The van der Waals surface area contributed by atoms with Crippen LogP contribution in [0.3, 0.4) is 0 Å². The molecule has 0 aliphatic rings. The van der Waals surface area contributed by atoms with Crippen LogP contribution in [0.25, 0.3) is 22.6 Å². The molecule has 0 fully saturated rings. The predicted molar refractivity (Wildman–Crippen MR) is 97.0 cm³/mol. The molecule has 0 N–H and O–H groups in total. The van der Waals surface area contributed by atoms with Crippen molar-refractivity contribution < 1.29 is 18.1 Å². The summed E-state index contributed by atoms with van der Waals surface area (Å²) in [5, 5.41) is 11.2. The summed E-state index contributed by atoms with van der Waals surface area (Å²) in [5.74, 6) is 0.939. The second-order valence-corrected chi connectivity index (χ2v) is 7.26. The lowest BCUT2D eigenvalue weighted by Gasteiger charge is -2.09. The molecule has 0 radical (unpaired) electrons. The van der Waals surface area contributed by atoms with E-state index in [-0.39, 0.29) is 27.7 Å². The average molecular weight is 417 g/mol. The molecular formula is C16H12ClF3N4O2S. The van der Waals surface area contributed by atoms with Crippen molar-refractivity contribution in [3.8, 4) is 11.4 Å². The molecule has 3 aromatic rings. The zero-order chi connectivity index (χ0) is 19.9. The monoisotopic (exact) mass is 416 g/mol. The largest absolute Gasteiger partial charge is 0.417 e. The van der Waals surface area contributed by atoms with Gasteiger partial charge < -0.3 is 4.57 Å². The maximum atomic E-state index is 12.9. The van der Waals surface area contributed by atoms with Crippen LogP contribution in [-0.2, 0) is 13.2 Å². The van der Waals surface area contributed by atoms with E-state index in [1.165, 1.54) is 28.5 Å². The number of imidazole rings is 1. The van der Waals surface area contributed by atoms with E-state index < -0.39 is 16.7 Å². The molecule has 3 rings (SSSR count). The van der Waals surface area contributed by atoms with Crippen molar-refractivity contribution in [2.45, 2.75) is 18.0 Å². The van der Waals surface area contributed by atoms with Crippen LogP contribution in [0.1, 0.15) is 12.5 Å². The van der Waals surface area contributed by atoms with Gasteiger partial charge in [-0.3, -0.25) is 10.1 Å². The van der Waals surface area contributed by atoms with Crippen molar-refractivity contribution in [1.82, 2.24) is 14.5 Å². The highest BCUT2D eigenvalue weighted by Crippen LogP contribution is 2.39. The second kappa shape index (κ2) is 7.01. The number of alkyl halides is 3. The summed E-state index contributed by atoms with van der Waals surface area (Å²) >= 11 is 7.39. The highest BCUT2D eigenvalue weighted by Gasteiger charge is 2.32. The van der Waals surface area contributed by atoms with Gasteiger partial charge in [0.25, 0.3) is 5.69 Å². The Kier molecular flexibility index (Phi) is 5.04. The van der Waals surface area contributed by atoms with Crippen LogP contribution in [0.5, 0.6) is 0 Å². The molecular weight excluding hydrogens is 405 g/mol. The summed E-state index contributed by atoms with van der Waals surface area (Å²) in [7, 11) is 1.59. The third-order valence-electron chi connectivity index (χ3n) is 3.82. The number of thioether (sulfide) groups is 1. The number of rotatable bonds is 4. The minimum Gasteiger partial charge on any atom is -0.312 e. The van der Waals surface area contributed by atoms with Gasteiger partial charge in [-0.25, -0.2) is 9.97 Å². The number of benzene rings is 1. The maximum Gasteiger partial charge on any atom is 0.417 e. The van der Waals surface area contributed by atoms with Crippen LogP contribution in [0.15, 0.2) is 29.3 Å². The third kappa shape index (κ3) is 3.59. The third-order valence-corrected chi connectivity index (χ3v) is 5.06. The summed E-state index contributed by atoms with van der Waals surface area (Å²) in [6.07, 6.45) is -3.80. The number of hydrogen-bond donors (Lipinski definition) is 0. The van der Waals surface area contributed by atoms with Gasteiger partial charge in [-0.05, 0) is 17.9 Å². The van der Waals surface area contributed by atoms with Crippen molar-refractivity contribution in [3.05, 3.63) is 45.1 Å². The van der Waals surface area contributed by atoms with Crippen LogP contribution >= 0.6 is 23.4 Å². The first-order valence-corrected chi connectivity index (χ1v) is 9.00. The highest BCUT2D eigenvalue weighted by molar-refractivity contribution is 7.99. The zero-order valence-corrected chi connectivity index (χ0v) is 15.6. The highest BCUT2D eigenvalue weighted by atomic mass is 35.5. The predicted octanol–water partition coefficient (Wildman–Crippen LogP) is 5.33. The molecule has 0 amide bonds. The first-order valence-electron chi connectivity index (χ1n) is 7.64. The standard InChI is InChI=1S/C16H12ClF3N4O2S/c1-3-27-13-6-10(17)12(24(25)26)5-9(13)14-22-11-4-8(16(18,19)20)7-21-15(11)23(14)2/h4-7H,3H2,1-2H3. The first kappa shape index (κ1) is 19.4. The van der Waals surface area contributed by atoms with Crippen molar-refractivity contribution in [2.75, 3.05) is 5.75 Å². The Hall–Kier alpha value is -2.33. The Labute approximate surface area is 160 Å². The molecule has 0 spiro atoms. The lowest BCUT2D eigenvalue weighted by molar-refractivity contribution is -0.384. The number of pyridine rings is 1. The number of aromatic nitrogens is 3. The summed E-state index contributed by atoms with van der Waals surface area (Å²) in [5.41, 5.74) is -0.518. The zero-order valence-electron chi connectivity index (χ0n) is 14.0. The van der Waals surface area contributed by atoms with Gasteiger partial charge in [-0.15, -0.1) is 11.8 Å². The Balaban J connectivity index is 2.26. The van der Waals surface area contributed by atoms with E-state index in [2.05, 4.69) is 9.97 Å². The number of halogens is 4. The minimum absolute atomic E-state index is 0.0176. The molecule has 0 aliphatic heterocycles. The van der Waals surface area contributed by atoms with Gasteiger partial charge in [0.05, 0.1) is 10.5 Å². The van der Waals surface area contributed by atoms with E-state index in [9.17, 15) is 23.3 Å². The average Bonchev–Trinajstić information content (AvgIpc) is 2.90. The molecule has 0 atom stereocenters. The summed E-state index contributed by atoms with van der Waals surface area (Å²) in [4.78, 5) is 19.4. The lowest BCUT2D eigenvalue weighted by atomic mass is 10.2. The number of nitrogens with zero attached hydrogens (tertiary/aromatic N) is 4. The van der Waals surface area contributed by atoms with Gasteiger partial charge in [0.1, 0.15) is 16.4 Å². The van der Waals surface area contributed by atoms with E-state index in [4.69, 9.17) is 11.6 Å². The summed E-state index contributed by atoms with van der Waals surface area (Å²) < 4.78 is 40.3. The Bertz CT molecular complexity index is 1050. The van der Waals surface area contributed by atoms with Crippen molar-refractivity contribution in [1.29, 1.82) is 0 Å². The van der Waals surface area contributed by atoms with E-state index in [0.29, 0.717) is 16.2 Å². The first-order chi connectivity index (χ1) is 12.6. The topological polar surface area (TPSA) is 73.8 Å². The fourth-order valence-corrected chi connectivity index (χ4v) is 3.72. The van der Waals surface area contributed by atoms with Gasteiger partial charge in [0.2, 0.25) is 0 Å². The second-order valence-electron chi connectivity index (χ2n) is 5.55. The molecule has 0 saturated carbocycles. The number of nitro benzene ring substituents is 1. The Morgan fingerprint density at radius 2 is 2.04 bits per heavy atom. The summed E-state index contributed by atoms with van der Waals surface area (Å²) in [6, 6.07) is 3.66. The molecule has 142 valence electrons. The van der Waals surface area contributed by atoms with Gasteiger partial charge in [-0.2, -0.15) is 13.2 Å². The summed E-state index contributed by atoms with van der Waals surface area (Å²) in [6.45, 7) is 1.90. The van der Waals surface area contributed by atoms with Crippen LogP contribution in [0.2, 0.25) is 5.02 Å². The van der Waals surface area contributed by atoms with E-state index in [0.717, 1.165) is 12.3 Å². The molecule has 11 heteroatoms. The van der Waals surface area contributed by atoms with Gasteiger partial charge in [-0.1, -0.05) is 18.5 Å². The van der Waals surface area contributed by atoms with Crippen molar-refractivity contribution >= 4 is 40.2 Å². The van der Waals surface area contributed by atoms with Gasteiger partial charge in [0, 0.05) is 29.8 Å². The Morgan fingerprint density at radius 3 is 2.63 bits per heavy atom. The Morgan fingerprint density at radius 1 is 1.33 bits per heavy atom. The van der Waals surface area contributed by atoms with Gasteiger partial charge in [0.15, 0.2) is 5.65 Å². The molecule has 0 bridgehead atoms. The minimum atomic E-state index is -4.54. The van der Waals surface area contributed by atoms with Crippen molar-refractivity contribution in [3.63, 3.8) is 0 Å². The number of aryl methyl sites for hydroxylation is 1.